The summed E-state index contributed by atoms with van der Waals surface area (Å²) in [5.41, 5.74) is 3.31. The lowest BCUT2D eigenvalue weighted by atomic mass is 9.75. The summed E-state index contributed by atoms with van der Waals surface area (Å²) in [5, 5.41) is 17.0. The Labute approximate surface area is 154 Å². The van der Waals surface area contributed by atoms with Crippen LogP contribution in [0.4, 0.5) is 5.69 Å². The molecule has 1 atom stereocenters. The Bertz CT molecular complexity index is 733. The lowest BCUT2D eigenvalue weighted by Crippen LogP contribution is -2.41. The van der Waals surface area contributed by atoms with Crippen molar-refractivity contribution in [1.82, 2.24) is 15.1 Å². The second-order valence-corrected chi connectivity index (χ2v) is 7.44. The molecule has 3 rings (SSSR count). The Morgan fingerprint density at radius 3 is 2.58 bits per heavy atom. The van der Waals surface area contributed by atoms with Crippen LogP contribution in [-0.4, -0.2) is 41.0 Å². The molecular weight excluding hydrogens is 328 g/mol. The van der Waals surface area contributed by atoms with E-state index in [2.05, 4.69) is 39.6 Å². The number of aliphatic hydroxyl groups excluding tert-OH is 1. The van der Waals surface area contributed by atoms with Gasteiger partial charge in [-0.25, -0.2) is 0 Å². The van der Waals surface area contributed by atoms with Crippen molar-refractivity contribution in [2.75, 3.05) is 19.0 Å². The van der Waals surface area contributed by atoms with Crippen LogP contribution in [0.5, 0.6) is 0 Å². The van der Waals surface area contributed by atoms with Crippen LogP contribution in [0.25, 0.3) is 0 Å². The van der Waals surface area contributed by atoms with Crippen LogP contribution in [0.15, 0.2) is 36.7 Å². The van der Waals surface area contributed by atoms with Crippen LogP contribution in [0.3, 0.4) is 0 Å². The van der Waals surface area contributed by atoms with Crippen molar-refractivity contribution >= 4 is 11.6 Å². The third-order valence-corrected chi connectivity index (χ3v) is 5.11. The Morgan fingerprint density at radius 2 is 2.04 bits per heavy atom. The minimum absolute atomic E-state index is 0.0388. The number of aryl methyl sites for hydroxylation is 2. The summed E-state index contributed by atoms with van der Waals surface area (Å²) in [6.07, 6.45) is 6.12. The van der Waals surface area contributed by atoms with E-state index in [0.717, 1.165) is 29.7 Å². The highest BCUT2D eigenvalue weighted by Crippen LogP contribution is 2.38. The Kier molecular flexibility index (Phi) is 5.61. The molecule has 2 aromatic rings. The fourth-order valence-electron chi connectivity index (χ4n) is 3.44. The number of nitrogens with one attached hydrogen (secondary N) is 1. The molecule has 0 spiro atoms. The Morgan fingerprint density at radius 1 is 1.35 bits per heavy atom. The molecule has 1 aromatic heterocycles. The number of aliphatic hydroxyl groups is 1. The minimum Gasteiger partial charge on any atom is -0.393 e. The van der Waals surface area contributed by atoms with Crippen molar-refractivity contribution in [3.63, 3.8) is 0 Å². The van der Waals surface area contributed by atoms with Crippen LogP contribution in [0.1, 0.15) is 36.4 Å². The van der Waals surface area contributed by atoms with Crippen LogP contribution in [0, 0.1) is 5.92 Å². The predicted octanol–water partition coefficient (Wildman–Crippen LogP) is 2.05. The van der Waals surface area contributed by atoms with Crippen LogP contribution in [0.2, 0.25) is 0 Å². The first kappa shape index (κ1) is 18.5. The molecule has 0 radical (unpaired) electrons. The number of amides is 1. The first-order valence-corrected chi connectivity index (χ1v) is 9.14. The largest absolute Gasteiger partial charge is 0.393 e. The normalized spacial score (nSPS) is 20.3. The predicted molar refractivity (Wildman–Crippen MR) is 102 cm³/mol. The van der Waals surface area contributed by atoms with Gasteiger partial charge in [-0.3, -0.25) is 9.48 Å². The SMILES string of the molecule is CN(C)c1ccc(CCC(=O)NC(c2cnn(C)c2)C2CC(O)C2)cc1. The summed E-state index contributed by atoms with van der Waals surface area (Å²) in [7, 11) is 5.90. The fraction of sp³-hybridized carbons (Fsp3) is 0.500. The van der Waals surface area contributed by atoms with Crippen molar-refractivity contribution in [3.05, 3.63) is 47.8 Å². The van der Waals surface area contributed by atoms with Gasteiger partial charge < -0.3 is 15.3 Å². The van der Waals surface area contributed by atoms with Gasteiger partial charge in [0.2, 0.25) is 5.91 Å². The topological polar surface area (TPSA) is 70.4 Å². The van der Waals surface area contributed by atoms with Gasteiger partial charge in [0.1, 0.15) is 0 Å². The zero-order valence-corrected chi connectivity index (χ0v) is 15.7. The molecule has 1 unspecified atom stereocenters. The third-order valence-electron chi connectivity index (χ3n) is 5.11. The number of carbonyl (C=O) groups is 1. The molecule has 140 valence electrons. The monoisotopic (exact) mass is 356 g/mol. The number of anilines is 1. The van der Waals surface area contributed by atoms with Crippen molar-refractivity contribution in [3.8, 4) is 0 Å². The number of aromatic nitrogens is 2. The molecule has 0 saturated heterocycles. The highest BCUT2D eigenvalue weighted by atomic mass is 16.3. The zero-order valence-electron chi connectivity index (χ0n) is 15.7. The lowest BCUT2D eigenvalue weighted by molar-refractivity contribution is -0.123. The molecule has 2 N–H and O–H groups in total. The van der Waals surface area contributed by atoms with Gasteiger partial charge in [0.25, 0.3) is 0 Å². The maximum atomic E-state index is 12.5. The summed E-state index contributed by atoms with van der Waals surface area (Å²) in [6.45, 7) is 0. The van der Waals surface area contributed by atoms with Gasteiger partial charge in [-0.1, -0.05) is 12.1 Å². The molecular formula is C20H28N4O2. The standard InChI is InChI=1S/C20H28N4O2/c1-23(2)17-7-4-14(5-8-17)6-9-19(26)22-20(15-10-18(25)11-15)16-12-21-24(3)13-16/h4-5,7-8,12-13,15,18,20,25H,6,9-11H2,1-3H3,(H,22,26). The Hall–Kier alpha value is -2.34. The number of rotatable bonds is 7. The van der Waals surface area contributed by atoms with Gasteiger partial charge in [-0.15, -0.1) is 0 Å². The van der Waals surface area contributed by atoms with E-state index in [4.69, 9.17) is 0 Å². The van der Waals surface area contributed by atoms with E-state index >= 15 is 0 Å². The van der Waals surface area contributed by atoms with Crippen molar-refractivity contribution in [2.24, 2.45) is 13.0 Å². The molecule has 0 bridgehead atoms. The second kappa shape index (κ2) is 7.91. The molecule has 1 heterocycles. The Balaban J connectivity index is 1.57. The van der Waals surface area contributed by atoms with Crippen molar-refractivity contribution in [2.45, 2.75) is 37.8 Å². The van der Waals surface area contributed by atoms with E-state index in [1.807, 2.05) is 27.3 Å². The molecule has 26 heavy (non-hydrogen) atoms. The maximum Gasteiger partial charge on any atom is 0.220 e. The van der Waals surface area contributed by atoms with Gasteiger partial charge >= 0.3 is 0 Å². The van der Waals surface area contributed by atoms with E-state index in [9.17, 15) is 9.90 Å². The van der Waals surface area contributed by atoms with Gasteiger partial charge in [-0.2, -0.15) is 5.10 Å². The number of benzene rings is 1. The molecule has 0 aliphatic heterocycles. The van der Waals surface area contributed by atoms with E-state index in [1.54, 1.807) is 10.9 Å². The van der Waals surface area contributed by atoms with Gasteiger partial charge in [-0.05, 0) is 42.9 Å². The second-order valence-electron chi connectivity index (χ2n) is 7.44. The fourth-order valence-corrected chi connectivity index (χ4v) is 3.44. The molecule has 1 aromatic carbocycles. The summed E-state index contributed by atoms with van der Waals surface area (Å²) in [6, 6.07) is 8.21. The smallest absolute Gasteiger partial charge is 0.220 e. The van der Waals surface area contributed by atoms with E-state index < -0.39 is 0 Å². The van der Waals surface area contributed by atoms with E-state index in [-0.39, 0.29) is 24.0 Å². The summed E-state index contributed by atoms with van der Waals surface area (Å²) >= 11 is 0. The first-order chi connectivity index (χ1) is 12.4. The van der Waals surface area contributed by atoms with Crippen LogP contribution < -0.4 is 10.2 Å². The summed E-state index contributed by atoms with van der Waals surface area (Å²) in [4.78, 5) is 14.6. The summed E-state index contributed by atoms with van der Waals surface area (Å²) < 4.78 is 1.75. The van der Waals surface area contributed by atoms with Gasteiger partial charge in [0.05, 0.1) is 18.3 Å². The molecule has 6 heteroatoms. The van der Waals surface area contributed by atoms with Crippen LogP contribution >= 0.6 is 0 Å². The first-order valence-electron chi connectivity index (χ1n) is 9.14. The third kappa shape index (κ3) is 4.43. The van der Waals surface area contributed by atoms with Crippen LogP contribution in [-0.2, 0) is 18.3 Å². The molecule has 6 nitrogen and oxygen atoms in total. The minimum atomic E-state index is -0.244. The summed E-state index contributed by atoms with van der Waals surface area (Å²) in [5.74, 6) is 0.314. The average molecular weight is 356 g/mol. The molecule has 1 fully saturated rings. The molecule has 1 aliphatic carbocycles. The molecule has 1 amide bonds. The van der Waals surface area contributed by atoms with Crippen molar-refractivity contribution < 1.29 is 9.90 Å². The number of hydrogen-bond donors (Lipinski definition) is 2. The van der Waals surface area contributed by atoms with E-state index in [1.165, 1.54) is 0 Å². The van der Waals surface area contributed by atoms with Gasteiger partial charge in [0, 0.05) is 45.0 Å². The number of hydrogen-bond acceptors (Lipinski definition) is 4. The highest BCUT2D eigenvalue weighted by molar-refractivity contribution is 5.76. The quantitative estimate of drug-likeness (QED) is 0.797. The maximum absolute atomic E-state index is 12.5. The number of nitrogens with zero attached hydrogens (tertiary/aromatic N) is 3. The highest BCUT2D eigenvalue weighted by Gasteiger charge is 2.36. The average Bonchev–Trinajstić information content (AvgIpc) is 3.02. The zero-order chi connectivity index (χ0) is 18.7. The lowest BCUT2D eigenvalue weighted by Gasteiger charge is -2.37. The molecule has 1 saturated carbocycles. The van der Waals surface area contributed by atoms with E-state index in [0.29, 0.717) is 12.8 Å². The number of carbonyl (C=O) groups excluding carboxylic acids is 1. The van der Waals surface area contributed by atoms with Gasteiger partial charge in [0.15, 0.2) is 0 Å². The molecule has 1 aliphatic rings. The van der Waals surface area contributed by atoms with Crippen molar-refractivity contribution in [1.29, 1.82) is 0 Å².